The second kappa shape index (κ2) is 8.26. The van der Waals surface area contributed by atoms with Crippen LogP contribution >= 0.6 is 0 Å². The highest BCUT2D eigenvalue weighted by atomic mass is 16.7. The smallest absolute Gasteiger partial charge is 0.254 e. The van der Waals surface area contributed by atoms with Crippen molar-refractivity contribution in [2.45, 2.75) is 6.54 Å². The second-order valence-electron chi connectivity index (χ2n) is 8.34. The van der Waals surface area contributed by atoms with Crippen LogP contribution in [0.2, 0.25) is 0 Å². The molecule has 0 unspecified atom stereocenters. The molecule has 6 rings (SSSR count). The number of hydrogen-bond donors (Lipinski definition) is 0. The summed E-state index contributed by atoms with van der Waals surface area (Å²) in [5.74, 6) is 1.37. The molecule has 0 spiro atoms. The van der Waals surface area contributed by atoms with Gasteiger partial charge in [-0.05, 0) is 30.3 Å². The Morgan fingerprint density at radius 3 is 2.52 bits per heavy atom. The van der Waals surface area contributed by atoms with Gasteiger partial charge in [0, 0.05) is 50.0 Å². The third kappa shape index (κ3) is 3.70. The first-order chi connectivity index (χ1) is 16.3. The number of fused-ring (bicyclic) bond motifs is 2. The van der Waals surface area contributed by atoms with Gasteiger partial charge in [0.1, 0.15) is 5.65 Å². The molecule has 0 saturated carbocycles. The molecule has 0 radical (unpaired) electrons. The molecule has 1 saturated heterocycles. The second-order valence-corrected chi connectivity index (χ2v) is 8.34. The van der Waals surface area contributed by atoms with E-state index < -0.39 is 0 Å². The molecule has 4 heterocycles. The molecule has 0 bridgehead atoms. The molecule has 0 atom stereocenters. The molecule has 166 valence electrons. The van der Waals surface area contributed by atoms with Crippen LogP contribution < -0.4 is 9.47 Å². The average Bonchev–Trinajstić information content (AvgIpc) is 3.49. The van der Waals surface area contributed by atoms with Gasteiger partial charge in [0.05, 0.1) is 11.4 Å². The van der Waals surface area contributed by atoms with E-state index in [1.807, 2.05) is 53.4 Å². The van der Waals surface area contributed by atoms with Crippen molar-refractivity contribution in [2.75, 3.05) is 33.0 Å². The number of imidazole rings is 1. The number of amides is 1. The summed E-state index contributed by atoms with van der Waals surface area (Å²) in [5.41, 5.74) is 4.89. The normalized spacial score (nSPS) is 15.8. The van der Waals surface area contributed by atoms with E-state index in [-0.39, 0.29) is 12.7 Å². The third-order valence-electron chi connectivity index (χ3n) is 6.33. The highest BCUT2D eigenvalue weighted by Gasteiger charge is 2.25. The zero-order chi connectivity index (χ0) is 22.2. The van der Waals surface area contributed by atoms with Gasteiger partial charge in [-0.2, -0.15) is 0 Å². The lowest BCUT2D eigenvalue weighted by Crippen LogP contribution is -2.48. The first-order valence-corrected chi connectivity index (χ1v) is 11.2. The Balaban J connectivity index is 1.19. The van der Waals surface area contributed by atoms with Gasteiger partial charge in [-0.25, -0.2) is 4.98 Å². The van der Waals surface area contributed by atoms with Crippen LogP contribution in [0.1, 0.15) is 16.1 Å². The predicted molar refractivity (Wildman–Crippen MR) is 124 cm³/mol. The molecular weight excluding hydrogens is 416 g/mol. The molecule has 2 aromatic carbocycles. The number of nitrogens with zero attached hydrogens (tertiary/aromatic N) is 4. The number of pyridine rings is 1. The highest BCUT2D eigenvalue weighted by Crippen LogP contribution is 2.33. The molecule has 1 fully saturated rings. The summed E-state index contributed by atoms with van der Waals surface area (Å²) in [6.45, 7) is 3.98. The lowest BCUT2D eigenvalue weighted by molar-refractivity contribution is 0.0626. The van der Waals surface area contributed by atoms with Crippen LogP contribution in [0.5, 0.6) is 11.5 Å². The molecule has 0 aliphatic carbocycles. The minimum Gasteiger partial charge on any atom is -0.454 e. The van der Waals surface area contributed by atoms with Crippen LogP contribution in [0.15, 0.2) is 72.9 Å². The Labute approximate surface area is 191 Å². The largest absolute Gasteiger partial charge is 0.454 e. The molecular formula is C26H24N4O3. The summed E-state index contributed by atoms with van der Waals surface area (Å²) in [5, 5.41) is 0. The van der Waals surface area contributed by atoms with E-state index in [0.717, 1.165) is 36.5 Å². The Hall–Kier alpha value is -3.84. The predicted octanol–water partition coefficient (Wildman–Crippen LogP) is 3.69. The van der Waals surface area contributed by atoms with Crippen LogP contribution in [0, 0.1) is 0 Å². The minimum atomic E-state index is 0.0349. The number of rotatable bonds is 4. The topological polar surface area (TPSA) is 59.3 Å². The third-order valence-corrected chi connectivity index (χ3v) is 6.33. The van der Waals surface area contributed by atoms with Gasteiger partial charge >= 0.3 is 0 Å². The van der Waals surface area contributed by atoms with Gasteiger partial charge in [0.2, 0.25) is 6.79 Å². The van der Waals surface area contributed by atoms with Crippen LogP contribution in [0.25, 0.3) is 16.9 Å². The monoisotopic (exact) mass is 440 g/mol. The van der Waals surface area contributed by atoms with Crippen molar-refractivity contribution in [3.63, 3.8) is 0 Å². The summed E-state index contributed by atoms with van der Waals surface area (Å²) in [6.07, 6.45) is 2.07. The highest BCUT2D eigenvalue weighted by molar-refractivity contribution is 5.95. The summed E-state index contributed by atoms with van der Waals surface area (Å²) in [6, 6.07) is 21.8. The summed E-state index contributed by atoms with van der Waals surface area (Å²) < 4.78 is 13.0. The van der Waals surface area contributed by atoms with Crippen LogP contribution in [0.4, 0.5) is 0 Å². The number of benzene rings is 2. The van der Waals surface area contributed by atoms with Gasteiger partial charge in [0.25, 0.3) is 5.91 Å². The number of carbonyl (C=O) groups is 1. The number of piperazine rings is 1. The Morgan fingerprint density at radius 2 is 1.67 bits per heavy atom. The van der Waals surface area contributed by atoms with E-state index in [2.05, 4.69) is 27.6 Å². The standard InChI is InChI=1S/C26H24N4O3/c31-26(20-9-10-22-23(16-20)33-18-32-22)29-14-12-28(13-15-29)17-21-25(19-6-2-1-3-7-19)27-24-8-4-5-11-30(21)24/h1-11,16H,12-15,17-18H2. The van der Waals surface area contributed by atoms with E-state index >= 15 is 0 Å². The van der Waals surface area contributed by atoms with Crippen molar-refractivity contribution < 1.29 is 14.3 Å². The van der Waals surface area contributed by atoms with Crippen LogP contribution in [-0.4, -0.2) is 58.1 Å². The quantitative estimate of drug-likeness (QED) is 0.485. The molecule has 7 nitrogen and oxygen atoms in total. The van der Waals surface area contributed by atoms with E-state index in [1.54, 1.807) is 6.07 Å². The maximum absolute atomic E-state index is 13.0. The van der Waals surface area contributed by atoms with Crippen molar-refractivity contribution in [2.24, 2.45) is 0 Å². The van der Waals surface area contributed by atoms with Crippen molar-refractivity contribution in [3.8, 4) is 22.8 Å². The van der Waals surface area contributed by atoms with Crippen LogP contribution in [-0.2, 0) is 6.54 Å². The maximum Gasteiger partial charge on any atom is 0.254 e. The van der Waals surface area contributed by atoms with Gasteiger partial charge in [-0.1, -0.05) is 36.4 Å². The van der Waals surface area contributed by atoms with Crippen molar-refractivity contribution in [1.82, 2.24) is 19.2 Å². The SMILES string of the molecule is O=C(c1ccc2c(c1)OCO2)N1CCN(Cc2c(-c3ccccc3)nc3ccccn23)CC1. The fourth-order valence-electron chi connectivity index (χ4n) is 4.56. The Kier molecular flexibility index (Phi) is 4.96. The molecule has 2 aromatic heterocycles. The lowest BCUT2D eigenvalue weighted by atomic mass is 10.1. The summed E-state index contributed by atoms with van der Waals surface area (Å²) in [4.78, 5) is 22.3. The van der Waals surface area contributed by atoms with Crippen molar-refractivity contribution >= 4 is 11.6 Å². The Morgan fingerprint density at radius 1 is 0.879 bits per heavy atom. The zero-order valence-electron chi connectivity index (χ0n) is 18.2. The molecule has 2 aliphatic heterocycles. The lowest BCUT2D eigenvalue weighted by Gasteiger charge is -2.34. The van der Waals surface area contributed by atoms with E-state index in [1.165, 1.54) is 5.69 Å². The molecule has 33 heavy (non-hydrogen) atoms. The summed E-state index contributed by atoms with van der Waals surface area (Å²) in [7, 11) is 0. The zero-order valence-corrected chi connectivity index (χ0v) is 18.2. The number of hydrogen-bond acceptors (Lipinski definition) is 5. The molecule has 2 aliphatic rings. The van der Waals surface area contributed by atoms with Crippen molar-refractivity contribution in [1.29, 1.82) is 0 Å². The summed E-state index contributed by atoms with van der Waals surface area (Å²) >= 11 is 0. The molecule has 1 amide bonds. The van der Waals surface area contributed by atoms with Crippen molar-refractivity contribution in [3.05, 3.63) is 84.2 Å². The minimum absolute atomic E-state index is 0.0349. The number of aromatic nitrogens is 2. The van der Waals surface area contributed by atoms with Gasteiger partial charge < -0.3 is 18.8 Å². The fourth-order valence-corrected chi connectivity index (χ4v) is 4.56. The maximum atomic E-state index is 13.0. The first-order valence-electron chi connectivity index (χ1n) is 11.2. The van der Waals surface area contributed by atoms with E-state index in [9.17, 15) is 4.79 Å². The molecule has 4 aromatic rings. The van der Waals surface area contributed by atoms with Gasteiger partial charge in [-0.3, -0.25) is 9.69 Å². The number of ether oxygens (including phenoxy) is 2. The molecule has 7 heteroatoms. The first kappa shape index (κ1) is 19.8. The average molecular weight is 441 g/mol. The Bertz CT molecular complexity index is 1310. The van der Waals surface area contributed by atoms with Gasteiger partial charge in [0.15, 0.2) is 11.5 Å². The fraction of sp³-hybridized carbons (Fsp3) is 0.231. The molecule has 0 N–H and O–H groups in total. The van der Waals surface area contributed by atoms with Crippen LogP contribution in [0.3, 0.4) is 0 Å². The van der Waals surface area contributed by atoms with E-state index in [0.29, 0.717) is 30.2 Å². The number of carbonyl (C=O) groups excluding carboxylic acids is 1. The van der Waals surface area contributed by atoms with Gasteiger partial charge in [-0.15, -0.1) is 0 Å². The van der Waals surface area contributed by atoms with E-state index in [4.69, 9.17) is 14.5 Å².